The summed E-state index contributed by atoms with van der Waals surface area (Å²) in [7, 11) is 1.58. The number of nitrogens with two attached hydrogens (primary N) is 1. The number of ether oxygens (including phenoxy) is 1. The highest BCUT2D eigenvalue weighted by Gasteiger charge is 2.14. The van der Waals surface area contributed by atoms with Gasteiger partial charge in [-0.05, 0) is 48.5 Å². The topological polar surface area (TPSA) is 55.6 Å². The lowest BCUT2D eigenvalue weighted by Gasteiger charge is -2.17. The normalized spacial score (nSPS) is 10.1. The number of nitrogens with zero attached hydrogens (tertiary/aromatic N) is 1. The molecule has 0 aliphatic carbocycles. The number of rotatable bonds is 3. The highest BCUT2D eigenvalue weighted by atomic mass is 35.5. The van der Waals surface area contributed by atoms with E-state index in [1.54, 1.807) is 55.6 Å². The predicted octanol–water partition coefficient (Wildman–Crippen LogP) is 2.87. The van der Waals surface area contributed by atoms with Crippen molar-refractivity contribution in [3.8, 4) is 5.75 Å². The first kappa shape index (κ1) is 13.4. The van der Waals surface area contributed by atoms with Crippen molar-refractivity contribution in [3.63, 3.8) is 0 Å². The first-order valence-electron chi connectivity index (χ1n) is 5.60. The molecule has 2 rings (SSSR count). The van der Waals surface area contributed by atoms with Crippen molar-refractivity contribution in [1.82, 2.24) is 0 Å². The van der Waals surface area contributed by atoms with Crippen molar-refractivity contribution in [2.75, 3.05) is 12.1 Å². The van der Waals surface area contributed by atoms with Gasteiger partial charge in [0.15, 0.2) is 0 Å². The zero-order chi connectivity index (χ0) is 13.8. The third-order valence-corrected chi connectivity index (χ3v) is 2.91. The quantitative estimate of drug-likeness (QED) is 0.533. The lowest BCUT2D eigenvalue weighted by molar-refractivity contribution is 0.0987. The zero-order valence-electron chi connectivity index (χ0n) is 10.3. The molecule has 5 heteroatoms. The molecule has 0 atom stereocenters. The van der Waals surface area contributed by atoms with Crippen molar-refractivity contribution in [2.45, 2.75) is 0 Å². The van der Waals surface area contributed by atoms with E-state index in [1.807, 2.05) is 0 Å². The summed E-state index contributed by atoms with van der Waals surface area (Å²) in [5.41, 5.74) is 1.06. The minimum absolute atomic E-state index is 0.304. The van der Waals surface area contributed by atoms with E-state index in [1.165, 1.54) is 0 Å². The van der Waals surface area contributed by atoms with Crippen molar-refractivity contribution >= 4 is 23.2 Å². The Kier molecular flexibility index (Phi) is 4.04. The van der Waals surface area contributed by atoms with Crippen molar-refractivity contribution in [3.05, 3.63) is 59.1 Å². The van der Waals surface area contributed by atoms with E-state index in [-0.39, 0.29) is 5.91 Å². The molecule has 0 radical (unpaired) electrons. The number of amides is 1. The van der Waals surface area contributed by atoms with Gasteiger partial charge >= 0.3 is 0 Å². The van der Waals surface area contributed by atoms with Crippen LogP contribution in [0.4, 0.5) is 5.69 Å². The molecular formula is C14H13ClN2O2. The van der Waals surface area contributed by atoms with E-state index in [9.17, 15) is 4.79 Å². The van der Waals surface area contributed by atoms with Crippen molar-refractivity contribution in [1.29, 1.82) is 0 Å². The van der Waals surface area contributed by atoms with Gasteiger partial charge in [-0.3, -0.25) is 4.79 Å². The minimum atomic E-state index is -0.304. The maximum Gasteiger partial charge on any atom is 0.272 e. The number of carbonyl (C=O) groups excluding carboxylic acids is 1. The fourth-order valence-corrected chi connectivity index (χ4v) is 1.72. The lowest BCUT2D eigenvalue weighted by atomic mass is 10.2. The zero-order valence-corrected chi connectivity index (χ0v) is 11.1. The van der Waals surface area contributed by atoms with Crippen LogP contribution in [0.2, 0.25) is 5.02 Å². The van der Waals surface area contributed by atoms with Gasteiger partial charge in [-0.15, -0.1) is 0 Å². The van der Waals surface area contributed by atoms with Gasteiger partial charge in [-0.1, -0.05) is 11.6 Å². The third-order valence-electron chi connectivity index (χ3n) is 2.66. The summed E-state index contributed by atoms with van der Waals surface area (Å²) in [6.07, 6.45) is 0. The number of hydrogen-bond acceptors (Lipinski definition) is 3. The van der Waals surface area contributed by atoms with Crippen LogP contribution in [0, 0.1) is 0 Å². The Balaban J connectivity index is 2.20. The van der Waals surface area contributed by atoms with Crippen molar-refractivity contribution in [2.24, 2.45) is 5.84 Å². The first-order chi connectivity index (χ1) is 9.11. The maximum absolute atomic E-state index is 12.1. The molecule has 0 fully saturated rings. The van der Waals surface area contributed by atoms with Gasteiger partial charge in [0, 0.05) is 10.6 Å². The second-order valence-electron chi connectivity index (χ2n) is 3.88. The van der Waals surface area contributed by atoms with Gasteiger partial charge in [0.05, 0.1) is 12.8 Å². The molecule has 2 aromatic carbocycles. The average molecular weight is 277 g/mol. The number of halogens is 1. The van der Waals surface area contributed by atoms with Gasteiger partial charge in [0.1, 0.15) is 5.75 Å². The van der Waals surface area contributed by atoms with E-state index in [2.05, 4.69) is 0 Å². The highest BCUT2D eigenvalue weighted by molar-refractivity contribution is 6.30. The molecule has 2 N–H and O–H groups in total. The molecule has 0 aliphatic heterocycles. The summed E-state index contributed by atoms with van der Waals surface area (Å²) in [5, 5.41) is 1.66. The van der Waals surface area contributed by atoms with E-state index in [4.69, 9.17) is 22.2 Å². The molecule has 2 aromatic rings. The molecule has 0 saturated carbocycles. The van der Waals surface area contributed by atoms with Crippen LogP contribution in [0.25, 0.3) is 0 Å². The minimum Gasteiger partial charge on any atom is -0.497 e. The third kappa shape index (κ3) is 3.05. The molecule has 0 bridgehead atoms. The molecular weight excluding hydrogens is 264 g/mol. The molecule has 0 unspecified atom stereocenters. The number of anilines is 1. The molecule has 0 heterocycles. The summed E-state index contributed by atoms with van der Waals surface area (Å²) in [6.45, 7) is 0. The van der Waals surface area contributed by atoms with Crippen LogP contribution >= 0.6 is 11.6 Å². The standard InChI is InChI=1S/C14H13ClN2O2/c1-19-13-8-6-12(7-9-13)17(16)14(18)10-2-4-11(15)5-3-10/h2-9H,16H2,1H3. The number of hydrogen-bond donors (Lipinski definition) is 1. The van der Waals surface area contributed by atoms with Crippen LogP contribution in [0.15, 0.2) is 48.5 Å². The van der Waals surface area contributed by atoms with Gasteiger partial charge in [-0.2, -0.15) is 0 Å². The summed E-state index contributed by atoms with van der Waals surface area (Å²) in [6, 6.07) is 13.5. The molecule has 0 spiro atoms. The van der Waals surface area contributed by atoms with Crippen LogP contribution in [0.1, 0.15) is 10.4 Å². The van der Waals surface area contributed by atoms with Crippen LogP contribution in [-0.2, 0) is 0 Å². The van der Waals surface area contributed by atoms with Crippen molar-refractivity contribution < 1.29 is 9.53 Å². The molecule has 0 saturated heterocycles. The molecule has 4 nitrogen and oxygen atoms in total. The van der Waals surface area contributed by atoms with E-state index < -0.39 is 0 Å². The Morgan fingerprint density at radius 1 is 1.11 bits per heavy atom. The van der Waals surface area contributed by atoms with E-state index in [0.29, 0.717) is 22.0 Å². The molecule has 0 aliphatic rings. The van der Waals surface area contributed by atoms with E-state index in [0.717, 1.165) is 5.01 Å². The Morgan fingerprint density at radius 3 is 2.21 bits per heavy atom. The molecule has 1 amide bonds. The maximum atomic E-state index is 12.1. The Hall–Kier alpha value is -2.04. The predicted molar refractivity (Wildman–Crippen MR) is 75.4 cm³/mol. The Labute approximate surface area is 116 Å². The Bertz CT molecular complexity index is 567. The summed E-state index contributed by atoms with van der Waals surface area (Å²) in [5.74, 6) is 6.21. The second-order valence-corrected chi connectivity index (χ2v) is 4.32. The fraction of sp³-hybridized carbons (Fsp3) is 0.0714. The number of carbonyl (C=O) groups is 1. The monoisotopic (exact) mass is 276 g/mol. The first-order valence-corrected chi connectivity index (χ1v) is 5.98. The fourth-order valence-electron chi connectivity index (χ4n) is 1.59. The Morgan fingerprint density at radius 2 is 1.68 bits per heavy atom. The average Bonchev–Trinajstić information content (AvgIpc) is 2.46. The summed E-state index contributed by atoms with van der Waals surface area (Å²) < 4.78 is 5.05. The highest BCUT2D eigenvalue weighted by Crippen LogP contribution is 2.19. The second kappa shape index (κ2) is 5.73. The van der Waals surface area contributed by atoms with Crippen LogP contribution < -0.4 is 15.6 Å². The van der Waals surface area contributed by atoms with Gasteiger partial charge in [0.25, 0.3) is 5.91 Å². The molecule has 98 valence electrons. The van der Waals surface area contributed by atoms with Gasteiger partial charge < -0.3 is 4.74 Å². The summed E-state index contributed by atoms with van der Waals surface area (Å²) in [4.78, 5) is 12.1. The lowest BCUT2D eigenvalue weighted by Crippen LogP contribution is -2.37. The van der Waals surface area contributed by atoms with Crippen LogP contribution in [0.5, 0.6) is 5.75 Å². The van der Waals surface area contributed by atoms with Gasteiger partial charge in [0.2, 0.25) is 0 Å². The number of methoxy groups -OCH3 is 1. The van der Waals surface area contributed by atoms with Crippen LogP contribution in [-0.4, -0.2) is 13.0 Å². The van der Waals surface area contributed by atoms with Gasteiger partial charge in [-0.25, -0.2) is 10.9 Å². The smallest absolute Gasteiger partial charge is 0.272 e. The largest absolute Gasteiger partial charge is 0.497 e. The SMILES string of the molecule is COc1ccc(N(N)C(=O)c2ccc(Cl)cc2)cc1. The number of hydrazine groups is 1. The molecule has 0 aromatic heterocycles. The number of benzene rings is 2. The summed E-state index contributed by atoms with van der Waals surface area (Å²) >= 11 is 5.78. The van der Waals surface area contributed by atoms with Crippen LogP contribution in [0.3, 0.4) is 0 Å². The van der Waals surface area contributed by atoms with E-state index >= 15 is 0 Å². The molecule has 19 heavy (non-hydrogen) atoms.